The largest absolute Gasteiger partial charge is 0.399 e. The third-order valence-corrected chi connectivity index (χ3v) is 13.5. The summed E-state index contributed by atoms with van der Waals surface area (Å²) in [6.45, 7) is 3.18. The van der Waals surface area contributed by atoms with E-state index in [1.807, 2.05) is 38.9 Å². The first-order valence-corrected chi connectivity index (χ1v) is 21.5. The first kappa shape index (κ1) is 43.5. The lowest BCUT2D eigenvalue weighted by molar-refractivity contribution is -0.246. The van der Waals surface area contributed by atoms with Crippen molar-refractivity contribution in [3.63, 3.8) is 0 Å². The second kappa shape index (κ2) is 18.3. The summed E-state index contributed by atoms with van der Waals surface area (Å²) in [4.78, 5) is 15.6. The summed E-state index contributed by atoms with van der Waals surface area (Å²) >= 11 is 0. The number of carbonyl (C=O) groups excluding carboxylic acids is 1. The number of sulfone groups is 1. The molecule has 5 rings (SSSR count). The maximum Gasteiger partial charge on any atom is 0.399 e. The zero-order chi connectivity index (χ0) is 40.8. The van der Waals surface area contributed by atoms with Crippen LogP contribution in [0.15, 0.2) is 77.7 Å². The number of hydrogen-bond acceptors (Lipinski definition) is 13. The van der Waals surface area contributed by atoms with Crippen LogP contribution in [0.1, 0.15) is 62.1 Å². The topological polar surface area (TPSA) is 210 Å². The van der Waals surface area contributed by atoms with Crippen LogP contribution in [0.3, 0.4) is 0 Å². The summed E-state index contributed by atoms with van der Waals surface area (Å²) in [6.07, 6.45) is -6.03. The number of carbonyl (C=O) groups is 1. The fourth-order valence-corrected chi connectivity index (χ4v) is 10.1. The second-order valence-electron chi connectivity index (χ2n) is 14.5. The average molecular weight is 820 g/mol. The minimum absolute atomic E-state index is 0.0273. The van der Waals surface area contributed by atoms with E-state index in [1.165, 1.54) is 0 Å². The maximum absolute atomic E-state index is 14.1. The zero-order valence-corrected chi connectivity index (χ0v) is 33.8. The fourth-order valence-electron chi connectivity index (χ4n) is 7.47. The van der Waals surface area contributed by atoms with Crippen LogP contribution >= 0.6 is 0 Å². The van der Waals surface area contributed by atoms with Crippen molar-refractivity contribution >= 4 is 37.6 Å². The molecule has 3 aromatic rings. The van der Waals surface area contributed by atoms with Crippen LogP contribution < -0.4 is 15.5 Å². The van der Waals surface area contributed by atoms with E-state index in [9.17, 15) is 36.9 Å². The Balaban J connectivity index is 1.43. The second-order valence-corrected chi connectivity index (χ2v) is 17.9. The molecule has 0 unspecified atom stereocenters. The highest BCUT2D eigenvalue weighted by Crippen LogP contribution is 2.49. The van der Waals surface area contributed by atoms with Crippen molar-refractivity contribution < 1.29 is 54.8 Å². The number of amides is 2. The van der Waals surface area contributed by atoms with Crippen molar-refractivity contribution in [1.29, 1.82) is 0 Å². The smallest absolute Gasteiger partial charge is 0.392 e. The minimum atomic E-state index is -4.42. The van der Waals surface area contributed by atoms with E-state index < -0.39 is 81.0 Å². The molecule has 2 aliphatic heterocycles. The molecule has 5 N–H and O–H groups in total. The number of aliphatic hydroxyl groups excluding tert-OH is 3. The Morgan fingerprint density at radius 1 is 1.00 bits per heavy atom. The van der Waals surface area contributed by atoms with Crippen molar-refractivity contribution in [1.82, 2.24) is 5.32 Å². The quantitative estimate of drug-likeness (QED) is 0.148. The Morgan fingerprint density at radius 2 is 1.73 bits per heavy atom. The molecule has 17 heteroatoms. The summed E-state index contributed by atoms with van der Waals surface area (Å²) < 4.78 is 72.7. The summed E-state index contributed by atoms with van der Waals surface area (Å²) in [5, 5.41) is 39.9. The van der Waals surface area contributed by atoms with Gasteiger partial charge in [0.1, 0.15) is 24.4 Å². The Hall–Kier alpha value is -3.65. The molecule has 0 aliphatic carbocycles. The summed E-state index contributed by atoms with van der Waals surface area (Å²) in [5.74, 6) is -0.985. The van der Waals surface area contributed by atoms with Gasteiger partial charge in [-0.25, -0.2) is 17.4 Å². The third kappa shape index (κ3) is 9.89. The summed E-state index contributed by atoms with van der Waals surface area (Å²) in [6, 6.07) is 20.0. The number of anilines is 2. The Kier molecular flexibility index (Phi) is 14.2. The first-order valence-electron chi connectivity index (χ1n) is 18.6. The van der Waals surface area contributed by atoms with Gasteiger partial charge in [-0.15, -0.1) is 0 Å². The van der Waals surface area contributed by atoms with Gasteiger partial charge in [-0.1, -0.05) is 69.2 Å². The fraction of sp³-hybridized carbons (Fsp3) is 0.513. The van der Waals surface area contributed by atoms with Gasteiger partial charge >= 0.3 is 16.4 Å². The van der Waals surface area contributed by atoms with Crippen LogP contribution in [-0.2, 0) is 44.7 Å². The molecule has 3 aromatic carbocycles. The molecule has 308 valence electrons. The van der Waals surface area contributed by atoms with Gasteiger partial charge in [0.25, 0.3) is 0 Å². The number of aliphatic hydroxyl groups is 3. The SMILES string of the molecule is CCCC[C@]1(CC)CS(=O)(=O)c2ccc(N(C)C)cc2[C@@H](c2cccc(NC(=O)N[C@@H]3O[C@H](COS(=O)(=O)OC)[C@@H](O)[C@H](OCc4ccccc4)[C@H]3O)c2)[C@H]1O. The van der Waals surface area contributed by atoms with Crippen LogP contribution in [0.4, 0.5) is 16.2 Å². The minimum Gasteiger partial charge on any atom is -0.392 e. The molecule has 0 aromatic heterocycles. The standard InChI is InChI=1S/C39H53N3O12S2/c1-6-8-19-39(7-2)24-55(47,48)31-18-17-28(42(3)4)21-29(31)32(36(39)45)26-15-12-16-27(20-26)40-38(46)41-37-34(44)35(52-22-25-13-10-9-11-14-25)33(43)30(54-37)23-53-56(49,50)51-5/h9-18,20-21,30,32-37,43-45H,6-8,19,22-24H2,1-5H3,(H2,40,41,46)/t30-,32-,33-,34-,35+,36-,37-,39-/m1/s1. The molecule has 1 fully saturated rings. The number of ether oxygens (including phenoxy) is 2. The van der Waals surface area contributed by atoms with E-state index in [0.29, 0.717) is 24.0 Å². The number of hydrogen-bond donors (Lipinski definition) is 5. The number of nitrogens with one attached hydrogen (secondary N) is 2. The molecule has 2 heterocycles. The molecule has 2 amide bonds. The van der Waals surface area contributed by atoms with Crippen molar-refractivity contribution in [2.24, 2.45) is 5.41 Å². The molecule has 0 spiro atoms. The van der Waals surface area contributed by atoms with Crippen LogP contribution in [0.5, 0.6) is 0 Å². The molecule has 0 bridgehead atoms. The van der Waals surface area contributed by atoms with Crippen molar-refractivity contribution in [3.8, 4) is 0 Å². The molecule has 0 saturated carbocycles. The number of urea groups is 1. The number of benzene rings is 3. The molecule has 2 aliphatic rings. The van der Waals surface area contributed by atoms with Crippen LogP contribution in [0.2, 0.25) is 0 Å². The van der Waals surface area contributed by atoms with E-state index in [1.54, 1.807) is 66.7 Å². The zero-order valence-electron chi connectivity index (χ0n) is 32.2. The summed E-state index contributed by atoms with van der Waals surface area (Å²) in [5.41, 5.74) is 1.86. The number of nitrogens with zero attached hydrogens (tertiary/aromatic N) is 1. The predicted octanol–water partition coefficient (Wildman–Crippen LogP) is 3.68. The van der Waals surface area contributed by atoms with E-state index >= 15 is 0 Å². The van der Waals surface area contributed by atoms with Gasteiger partial charge < -0.3 is 40.3 Å². The number of unbranched alkanes of at least 4 members (excludes halogenated alkanes) is 1. The van der Waals surface area contributed by atoms with E-state index in [2.05, 4.69) is 14.8 Å². The number of fused-ring (bicyclic) bond motifs is 1. The molecule has 8 atom stereocenters. The highest BCUT2D eigenvalue weighted by Gasteiger charge is 2.49. The monoisotopic (exact) mass is 819 g/mol. The van der Waals surface area contributed by atoms with Crippen LogP contribution in [-0.4, -0.2) is 108 Å². The lowest BCUT2D eigenvalue weighted by atomic mass is 9.69. The predicted molar refractivity (Wildman–Crippen MR) is 209 cm³/mol. The Morgan fingerprint density at radius 3 is 2.39 bits per heavy atom. The lowest BCUT2D eigenvalue weighted by Gasteiger charge is -2.42. The molecule has 0 radical (unpaired) electrons. The van der Waals surface area contributed by atoms with Gasteiger partial charge in [0.15, 0.2) is 16.1 Å². The Bertz CT molecular complexity index is 2020. The van der Waals surface area contributed by atoms with Crippen molar-refractivity contribution in [3.05, 3.63) is 89.5 Å². The lowest BCUT2D eigenvalue weighted by Crippen LogP contribution is -2.64. The summed E-state index contributed by atoms with van der Waals surface area (Å²) in [7, 11) is -3.64. The molecule has 56 heavy (non-hydrogen) atoms. The molecular weight excluding hydrogens is 767 g/mol. The van der Waals surface area contributed by atoms with Gasteiger partial charge in [-0.05, 0) is 59.9 Å². The highest BCUT2D eigenvalue weighted by atomic mass is 32.3. The van der Waals surface area contributed by atoms with Crippen LogP contribution in [0.25, 0.3) is 0 Å². The van der Waals surface area contributed by atoms with E-state index in [4.69, 9.17) is 13.7 Å². The molecule has 15 nitrogen and oxygen atoms in total. The first-order chi connectivity index (χ1) is 26.5. The van der Waals surface area contributed by atoms with E-state index in [-0.39, 0.29) is 22.9 Å². The third-order valence-electron chi connectivity index (χ3n) is 10.7. The maximum atomic E-state index is 14.1. The Labute approximate surface area is 329 Å². The molecule has 1 saturated heterocycles. The van der Waals surface area contributed by atoms with Crippen molar-refractivity contribution in [2.75, 3.05) is 43.8 Å². The number of rotatable bonds is 15. The van der Waals surface area contributed by atoms with Gasteiger partial charge in [0, 0.05) is 36.8 Å². The van der Waals surface area contributed by atoms with Crippen molar-refractivity contribution in [2.45, 2.75) is 93.7 Å². The van der Waals surface area contributed by atoms with Gasteiger partial charge in [-0.3, -0.25) is 4.18 Å². The van der Waals surface area contributed by atoms with Gasteiger partial charge in [-0.2, -0.15) is 8.42 Å². The molecular formula is C39H53N3O12S2. The average Bonchev–Trinajstić information content (AvgIpc) is 3.24. The normalized spacial score (nSPS) is 27.5. The van der Waals surface area contributed by atoms with E-state index in [0.717, 1.165) is 31.2 Å². The van der Waals surface area contributed by atoms with Crippen LogP contribution in [0, 0.1) is 5.41 Å². The van der Waals surface area contributed by atoms with Gasteiger partial charge in [0.2, 0.25) is 0 Å². The highest BCUT2D eigenvalue weighted by molar-refractivity contribution is 7.91. The van der Waals surface area contributed by atoms with Gasteiger partial charge in [0.05, 0.1) is 37.1 Å².